The number of allylic oxidation sites excluding steroid dienone is 1. The van der Waals surface area contributed by atoms with Gasteiger partial charge in [0, 0.05) is 12.6 Å². The Morgan fingerprint density at radius 1 is 1.46 bits per heavy atom. The SMILES string of the molecule is C=CCn1c(SC(C)C(=O)Nc2ccccc2[N+](=O)[O-])nc2sccc2c1=O. The minimum Gasteiger partial charge on any atom is -0.319 e. The summed E-state index contributed by atoms with van der Waals surface area (Å²) in [7, 11) is 0. The smallest absolute Gasteiger partial charge is 0.292 e. The molecule has 1 amide bonds. The number of rotatable bonds is 7. The van der Waals surface area contributed by atoms with E-state index in [-0.39, 0.29) is 23.5 Å². The lowest BCUT2D eigenvalue weighted by atomic mass is 10.2. The van der Waals surface area contributed by atoms with Gasteiger partial charge in [-0.15, -0.1) is 17.9 Å². The fourth-order valence-corrected chi connectivity index (χ4v) is 4.22. The van der Waals surface area contributed by atoms with Crippen LogP contribution in [0.15, 0.2) is 58.3 Å². The summed E-state index contributed by atoms with van der Waals surface area (Å²) in [6, 6.07) is 7.64. The summed E-state index contributed by atoms with van der Waals surface area (Å²) in [6.07, 6.45) is 1.59. The maximum atomic E-state index is 12.7. The molecule has 3 rings (SSSR count). The first kappa shape index (κ1) is 19.8. The number of aromatic nitrogens is 2. The maximum Gasteiger partial charge on any atom is 0.292 e. The van der Waals surface area contributed by atoms with E-state index in [1.54, 1.807) is 30.5 Å². The summed E-state index contributed by atoms with van der Waals surface area (Å²) in [6.45, 7) is 5.58. The van der Waals surface area contributed by atoms with E-state index in [1.165, 1.54) is 34.1 Å². The number of hydrogen-bond donors (Lipinski definition) is 1. The lowest BCUT2D eigenvalue weighted by Gasteiger charge is -2.15. The number of carbonyl (C=O) groups is 1. The van der Waals surface area contributed by atoms with Crippen LogP contribution in [-0.2, 0) is 11.3 Å². The van der Waals surface area contributed by atoms with Crippen molar-refractivity contribution in [3.8, 4) is 0 Å². The van der Waals surface area contributed by atoms with Crippen molar-refractivity contribution in [1.29, 1.82) is 0 Å². The maximum absolute atomic E-state index is 12.7. The predicted octanol–water partition coefficient (Wildman–Crippen LogP) is 3.67. The lowest BCUT2D eigenvalue weighted by Crippen LogP contribution is -2.26. The zero-order valence-electron chi connectivity index (χ0n) is 14.8. The number of thioether (sulfide) groups is 1. The van der Waals surface area contributed by atoms with Crippen LogP contribution in [0, 0.1) is 10.1 Å². The summed E-state index contributed by atoms with van der Waals surface area (Å²) < 4.78 is 1.46. The van der Waals surface area contributed by atoms with Crippen molar-refractivity contribution in [2.24, 2.45) is 0 Å². The average Bonchev–Trinajstić information content (AvgIpc) is 3.13. The van der Waals surface area contributed by atoms with Crippen LogP contribution in [0.3, 0.4) is 0 Å². The summed E-state index contributed by atoms with van der Waals surface area (Å²) >= 11 is 2.46. The number of thiophene rings is 1. The number of para-hydroxylation sites is 2. The number of hydrogen-bond acceptors (Lipinski definition) is 7. The van der Waals surface area contributed by atoms with Crippen molar-refractivity contribution >= 4 is 50.6 Å². The molecule has 0 aliphatic rings. The molecule has 0 spiro atoms. The Kier molecular flexibility index (Phi) is 5.90. The molecule has 144 valence electrons. The van der Waals surface area contributed by atoms with Crippen molar-refractivity contribution < 1.29 is 9.72 Å². The second kappa shape index (κ2) is 8.36. The molecule has 10 heteroatoms. The number of carbonyl (C=O) groups excluding carboxylic acids is 1. The standard InChI is InChI=1S/C18H16N4O4S2/c1-3-9-21-17(24)12-8-10-27-16(12)20-18(21)28-11(2)15(23)19-13-6-4-5-7-14(13)22(25)26/h3-8,10-11H,1,9H2,2H3,(H,19,23). The molecule has 0 saturated carbocycles. The van der Waals surface area contributed by atoms with Crippen molar-refractivity contribution in [2.75, 3.05) is 5.32 Å². The van der Waals surface area contributed by atoms with Gasteiger partial charge in [0.2, 0.25) is 5.91 Å². The molecule has 28 heavy (non-hydrogen) atoms. The Balaban J connectivity index is 1.86. The lowest BCUT2D eigenvalue weighted by molar-refractivity contribution is -0.383. The molecule has 1 atom stereocenters. The Bertz CT molecular complexity index is 1120. The highest BCUT2D eigenvalue weighted by Crippen LogP contribution is 2.27. The molecule has 1 N–H and O–H groups in total. The predicted molar refractivity (Wildman–Crippen MR) is 111 cm³/mol. The largest absolute Gasteiger partial charge is 0.319 e. The number of anilines is 1. The highest BCUT2D eigenvalue weighted by molar-refractivity contribution is 8.00. The third-order valence-electron chi connectivity index (χ3n) is 3.87. The van der Waals surface area contributed by atoms with Crippen molar-refractivity contribution in [3.05, 3.63) is 68.8 Å². The van der Waals surface area contributed by atoms with Gasteiger partial charge < -0.3 is 5.32 Å². The molecule has 2 aromatic heterocycles. The fraction of sp³-hybridized carbons (Fsp3) is 0.167. The van der Waals surface area contributed by atoms with E-state index in [0.29, 0.717) is 15.4 Å². The molecule has 0 fully saturated rings. The number of nitrogens with one attached hydrogen (secondary N) is 1. The highest BCUT2D eigenvalue weighted by atomic mass is 32.2. The number of nitrogens with zero attached hydrogens (tertiary/aromatic N) is 3. The van der Waals surface area contributed by atoms with Crippen LogP contribution in [0.2, 0.25) is 0 Å². The molecule has 2 heterocycles. The van der Waals surface area contributed by atoms with Gasteiger partial charge in [0.25, 0.3) is 11.2 Å². The van der Waals surface area contributed by atoms with Crippen LogP contribution < -0.4 is 10.9 Å². The van der Waals surface area contributed by atoms with Gasteiger partial charge in [-0.25, -0.2) is 4.98 Å². The number of nitro benzene ring substituents is 1. The average molecular weight is 416 g/mol. The van der Waals surface area contributed by atoms with E-state index in [1.807, 2.05) is 0 Å². The van der Waals surface area contributed by atoms with E-state index < -0.39 is 16.1 Å². The Labute approximate surface area is 168 Å². The molecule has 3 aromatic rings. The molecule has 0 bridgehead atoms. The number of fused-ring (bicyclic) bond motifs is 1. The van der Waals surface area contributed by atoms with Crippen LogP contribution in [-0.4, -0.2) is 25.6 Å². The molecule has 1 unspecified atom stereocenters. The minimum atomic E-state index is -0.639. The molecule has 1 aromatic carbocycles. The molecular formula is C18H16N4O4S2. The van der Waals surface area contributed by atoms with Crippen LogP contribution in [0.4, 0.5) is 11.4 Å². The first-order valence-corrected chi connectivity index (χ1v) is 9.98. The van der Waals surface area contributed by atoms with Gasteiger partial charge in [-0.2, -0.15) is 0 Å². The number of amides is 1. The van der Waals surface area contributed by atoms with Crippen LogP contribution in [0.5, 0.6) is 0 Å². The second-order valence-electron chi connectivity index (χ2n) is 5.76. The fourth-order valence-electron chi connectivity index (χ4n) is 2.49. The van der Waals surface area contributed by atoms with E-state index in [0.717, 1.165) is 11.8 Å². The van der Waals surface area contributed by atoms with Crippen LogP contribution >= 0.6 is 23.1 Å². The van der Waals surface area contributed by atoms with E-state index in [2.05, 4.69) is 16.9 Å². The molecular weight excluding hydrogens is 400 g/mol. The van der Waals surface area contributed by atoms with E-state index in [4.69, 9.17) is 0 Å². The third kappa shape index (κ3) is 3.97. The Hall–Kier alpha value is -2.98. The topological polar surface area (TPSA) is 107 Å². The van der Waals surface area contributed by atoms with E-state index >= 15 is 0 Å². The first-order chi connectivity index (χ1) is 13.4. The Morgan fingerprint density at radius 3 is 2.93 bits per heavy atom. The van der Waals surface area contributed by atoms with E-state index in [9.17, 15) is 19.7 Å². The van der Waals surface area contributed by atoms with Crippen molar-refractivity contribution in [3.63, 3.8) is 0 Å². The molecule has 0 radical (unpaired) electrons. The monoisotopic (exact) mass is 416 g/mol. The minimum absolute atomic E-state index is 0.120. The van der Waals surface area contributed by atoms with Crippen molar-refractivity contribution in [1.82, 2.24) is 9.55 Å². The molecule has 0 saturated heterocycles. The zero-order chi connectivity index (χ0) is 20.3. The Morgan fingerprint density at radius 2 is 2.21 bits per heavy atom. The second-order valence-corrected chi connectivity index (χ2v) is 7.96. The summed E-state index contributed by atoms with van der Waals surface area (Å²) in [5.74, 6) is -0.426. The van der Waals surface area contributed by atoms with Gasteiger partial charge >= 0.3 is 0 Å². The highest BCUT2D eigenvalue weighted by Gasteiger charge is 2.22. The summed E-state index contributed by atoms with van der Waals surface area (Å²) in [5.41, 5.74) is -0.259. The van der Waals surface area contributed by atoms with Gasteiger partial charge in [0.15, 0.2) is 5.16 Å². The molecule has 0 aliphatic carbocycles. The summed E-state index contributed by atoms with van der Waals surface area (Å²) in [4.78, 5) is 40.9. The number of nitro groups is 1. The molecule has 0 aliphatic heterocycles. The van der Waals surface area contributed by atoms with Gasteiger partial charge in [-0.05, 0) is 24.4 Å². The summed E-state index contributed by atoms with van der Waals surface area (Å²) in [5, 5.41) is 15.8. The quantitative estimate of drug-likeness (QED) is 0.207. The van der Waals surface area contributed by atoms with Crippen molar-refractivity contribution in [2.45, 2.75) is 23.9 Å². The van der Waals surface area contributed by atoms with Gasteiger partial charge in [0.05, 0.1) is 15.6 Å². The van der Waals surface area contributed by atoms with Gasteiger partial charge in [-0.3, -0.25) is 24.3 Å². The van der Waals surface area contributed by atoms with Gasteiger partial charge in [-0.1, -0.05) is 30.0 Å². The first-order valence-electron chi connectivity index (χ1n) is 8.22. The zero-order valence-corrected chi connectivity index (χ0v) is 16.5. The van der Waals surface area contributed by atoms with Crippen LogP contribution in [0.1, 0.15) is 6.92 Å². The number of benzene rings is 1. The van der Waals surface area contributed by atoms with Crippen LogP contribution in [0.25, 0.3) is 10.2 Å². The third-order valence-corrected chi connectivity index (χ3v) is 5.77. The normalized spacial score (nSPS) is 11.9. The van der Waals surface area contributed by atoms with Gasteiger partial charge in [0.1, 0.15) is 10.5 Å². The molecule has 8 nitrogen and oxygen atoms in total.